The SMILES string of the molecule is CCN1/C(=C/C=C/c2ccc3ccccc3[n+]2CC)CCc2ccccc21.[I-]. The van der Waals surface area contributed by atoms with Crippen molar-refractivity contribution in [1.29, 1.82) is 0 Å². The number of nitrogens with zero attached hydrogens (tertiary/aromatic N) is 2. The molecule has 0 N–H and O–H groups in total. The third kappa shape index (κ3) is 4.00. The summed E-state index contributed by atoms with van der Waals surface area (Å²) in [6, 6.07) is 21.8. The number of allylic oxidation sites excluding steroid dienone is 3. The average molecular weight is 482 g/mol. The van der Waals surface area contributed by atoms with Crippen molar-refractivity contribution in [1.82, 2.24) is 0 Å². The summed E-state index contributed by atoms with van der Waals surface area (Å²) in [5.41, 5.74) is 6.75. The molecule has 28 heavy (non-hydrogen) atoms. The second-order valence-electron chi connectivity index (χ2n) is 6.95. The number of para-hydroxylation sites is 2. The summed E-state index contributed by atoms with van der Waals surface area (Å²) >= 11 is 0. The van der Waals surface area contributed by atoms with E-state index in [9.17, 15) is 0 Å². The molecule has 1 aromatic heterocycles. The Hall–Kier alpha value is -2.14. The number of hydrogen-bond acceptors (Lipinski definition) is 1. The molecule has 0 spiro atoms. The molecule has 0 saturated carbocycles. The quantitative estimate of drug-likeness (QED) is 0.410. The number of aryl methyl sites for hydroxylation is 2. The second-order valence-corrected chi connectivity index (χ2v) is 6.95. The molecule has 0 radical (unpaired) electrons. The number of pyridine rings is 1. The van der Waals surface area contributed by atoms with E-state index in [0.29, 0.717) is 0 Å². The van der Waals surface area contributed by atoms with Crippen molar-refractivity contribution in [3.63, 3.8) is 0 Å². The molecular formula is C25H27IN2. The Morgan fingerprint density at radius 3 is 2.54 bits per heavy atom. The van der Waals surface area contributed by atoms with Crippen LogP contribution in [0.5, 0.6) is 0 Å². The Labute approximate surface area is 185 Å². The molecule has 0 aliphatic carbocycles. The number of hydrogen-bond donors (Lipinski definition) is 0. The molecule has 1 aliphatic heterocycles. The van der Waals surface area contributed by atoms with E-state index in [0.717, 1.165) is 25.9 Å². The van der Waals surface area contributed by atoms with Crippen molar-refractivity contribution in [3.8, 4) is 0 Å². The molecule has 0 saturated heterocycles. The van der Waals surface area contributed by atoms with Gasteiger partial charge >= 0.3 is 0 Å². The van der Waals surface area contributed by atoms with Crippen molar-refractivity contribution < 1.29 is 28.5 Å². The standard InChI is InChI=1S/C25H27N2.HI/c1-3-26-22(18-16-20-10-5-7-14-24(20)26)12-9-13-23-19-17-21-11-6-8-15-25(21)27(23)4-2;/h5-16,18H,3-4,17,19H2,1-2H3;1H/q+1;/p-1. The van der Waals surface area contributed by atoms with E-state index < -0.39 is 0 Å². The summed E-state index contributed by atoms with van der Waals surface area (Å²) in [5.74, 6) is 0. The summed E-state index contributed by atoms with van der Waals surface area (Å²) < 4.78 is 2.37. The zero-order valence-corrected chi connectivity index (χ0v) is 18.8. The Kier molecular flexibility index (Phi) is 6.89. The van der Waals surface area contributed by atoms with Gasteiger partial charge in [-0.05, 0) is 56.5 Å². The second kappa shape index (κ2) is 9.37. The number of halogens is 1. The maximum atomic E-state index is 2.44. The molecule has 0 fully saturated rings. The third-order valence-corrected chi connectivity index (χ3v) is 5.44. The Bertz CT molecular complexity index is 1020. The summed E-state index contributed by atoms with van der Waals surface area (Å²) in [5, 5.41) is 1.29. The van der Waals surface area contributed by atoms with Crippen LogP contribution in [-0.4, -0.2) is 6.54 Å². The van der Waals surface area contributed by atoms with Crippen molar-refractivity contribution in [2.45, 2.75) is 33.2 Å². The maximum absolute atomic E-state index is 2.44. The highest BCUT2D eigenvalue weighted by Crippen LogP contribution is 2.32. The summed E-state index contributed by atoms with van der Waals surface area (Å²) in [4.78, 5) is 2.44. The fraction of sp³-hybridized carbons (Fsp3) is 0.240. The van der Waals surface area contributed by atoms with Crippen LogP contribution in [0.15, 0.2) is 78.5 Å². The lowest BCUT2D eigenvalue weighted by molar-refractivity contribution is -0.669. The zero-order valence-electron chi connectivity index (χ0n) is 16.6. The summed E-state index contributed by atoms with van der Waals surface area (Å²) in [7, 11) is 0. The fourth-order valence-corrected chi connectivity index (χ4v) is 4.12. The highest BCUT2D eigenvalue weighted by molar-refractivity contribution is 5.76. The van der Waals surface area contributed by atoms with E-state index in [1.54, 1.807) is 0 Å². The molecule has 2 heterocycles. The summed E-state index contributed by atoms with van der Waals surface area (Å²) in [6.07, 6.45) is 8.95. The van der Waals surface area contributed by atoms with Crippen LogP contribution in [0.4, 0.5) is 5.69 Å². The van der Waals surface area contributed by atoms with Gasteiger partial charge in [0.05, 0.1) is 0 Å². The lowest BCUT2D eigenvalue weighted by Crippen LogP contribution is -3.00. The van der Waals surface area contributed by atoms with Gasteiger partial charge in [-0.25, -0.2) is 0 Å². The van der Waals surface area contributed by atoms with Gasteiger partial charge in [-0.2, -0.15) is 4.57 Å². The molecule has 144 valence electrons. The van der Waals surface area contributed by atoms with E-state index in [4.69, 9.17) is 0 Å². The van der Waals surface area contributed by atoms with Crippen molar-refractivity contribution >= 4 is 22.7 Å². The highest BCUT2D eigenvalue weighted by atomic mass is 127. The molecular weight excluding hydrogens is 455 g/mol. The first-order valence-corrected chi connectivity index (χ1v) is 9.96. The first-order chi connectivity index (χ1) is 13.3. The fourth-order valence-electron chi connectivity index (χ4n) is 4.12. The van der Waals surface area contributed by atoms with E-state index in [1.165, 1.54) is 33.5 Å². The van der Waals surface area contributed by atoms with Gasteiger partial charge in [-0.15, -0.1) is 0 Å². The molecule has 0 atom stereocenters. The minimum atomic E-state index is 0. The zero-order chi connectivity index (χ0) is 18.6. The highest BCUT2D eigenvalue weighted by Gasteiger charge is 2.18. The molecule has 0 bridgehead atoms. The van der Waals surface area contributed by atoms with E-state index in [2.05, 4.69) is 102 Å². The van der Waals surface area contributed by atoms with Crippen LogP contribution >= 0.6 is 0 Å². The molecule has 1 aliphatic rings. The minimum absolute atomic E-state index is 0. The predicted molar refractivity (Wildman–Crippen MR) is 115 cm³/mol. The lowest BCUT2D eigenvalue weighted by Gasteiger charge is -2.32. The van der Waals surface area contributed by atoms with Gasteiger partial charge in [0.25, 0.3) is 0 Å². The normalized spacial score (nSPS) is 15.1. The van der Waals surface area contributed by atoms with Crippen LogP contribution in [0.2, 0.25) is 0 Å². The number of aromatic nitrogens is 1. The smallest absolute Gasteiger partial charge is 0.212 e. The van der Waals surface area contributed by atoms with Crippen LogP contribution < -0.4 is 33.4 Å². The maximum Gasteiger partial charge on any atom is 0.212 e. The van der Waals surface area contributed by atoms with Crippen molar-refractivity contribution in [2.24, 2.45) is 0 Å². The van der Waals surface area contributed by atoms with Gasteiger partial charge < -0.3 is 28.9 Å². The van der Waals surface area contributed by atoms with E-state index >= 15 is 0 Å². The molecule has 2 nitrogen and oxygen atoms in total. The van der Waals surface area contributed by atoms with Gasteiger partial charge in [0.15, 0.2) is 0 Å². The molecule has 2 aromatic carbocycles. The first kappa shape index (κ1) is 20.6. The monoisotopic (exact) mass is 482 g/mol. The molecule has 0 amide bonds. The van der Waals surface area contributed by atoms with Crippen LogP contribution in [0.3, 0.4) is 0 Å². The first-order valence-electron chi connectivity index (χ1n) is 9.96. The van der Waals surface area contributed by atoms with Crippen molar-refractivity contribution in [3.05, 3.63) is 89.8 Å². The topological polar surface area (TPSA) is 7.12 Å². The van der Waals surface area contributed by atoms with Gasteiger partial charge in [0.1, 0.15) is 6.54 Å². The van der Waals surface area contributed by atoms with Crippen LogP contribution in [0, 0.1) is 0 Å². The van der Waals surface area contributed by atoms with Gasteiger partial charge in [-0.1, -0.05) is 36.4 Å². The van der Waals surface area contributed by atoms with Crippen LogP contribution in [0.1, 0.15) is 31.5 Å². The molecule has 0 unspecified atom stereocenters. The summed E-state index contributed by atoms with van der Waals surface area (Å²) in [6.45, 7) is 6.40. The Morgan fingerprint density at radius 2 is 1.71 bits per heavy atom. The molecule has 3 heteroatoms. The van der Waals surface area contributed by atoms with Gasteiger partial charge in [0, 0.05) is 41.5 Å². The predicted octanol–water partition coefficient (Wildman–Crippen LogP) is 2.52. The Morgan fingerprint density at radius 1 is 0.929 bits per heavy atom. The van der Waals surface area contributed by atoms with Gasteiger partial charge in [0.2, 0.25) is 11.2 Å². The van der Waals surface area contributed by atoms with E-state index in [1.807, 2.05) is 0 Å². The van der Waals surface area contributed by atoms with E-state index in [-0.39, 0.29) is 24.0 Å². The van der Waals surface area contributed by atoms with Crippen LogP contribution in [0.25, 0.3) is 17.0 Å². The Balaban J connectivity index is 0.00000225. The lowest BCUT2D eigenvalue weighted by atomic mass is 9.99. The number of benzene rings is 2. The third-order valence-electron chi connectivity index (χ3n) is 5.44. The van der Waals surface area contributed by atoms with Gasteiger partial charge in [-0.3, -0.25) is 0 Å². The van der Waals surface area contributed by atoms with Crippen LogP contribution in [-0.2, 0) is 13.0 Å². The molecule has 3 aromatic rings. The number of rotatable bonds is 4. The number of anilines is 1. The van der Waals surface area contributed by atoms with Crippen molar-refractivity contribution in [2.75, 3.05) is 11.4 Å². The largest absolute Gasteiger partial charge is 1.00 e. The number of fused-ring (bicyclic) bond motifs is 2. The average Bonchev–Trinajstić information content (AvgIpc) is 2.73. The molecule has 4 rings (SSSR count). The minimum Gasteiger partial charge on any atom is -1.00 e.